The molecule has 4 rings (SSSR count). The number of ether oxygens (including phenoxy) is 1. The van der Waals surface area contributed by atoms with Crippen molar-refractivity contribution in [1.82, 2.24) is 9.55 Å². The summed E-state index contributed by atoms with van der Waals surface area (Å²) in [5, 5.41) is 0. The summed E-state index contributed by atoms with van der Waals surface area (Å²) in [4.78, 5) is 4.24. The lowest BCUT2D eigenvalue weighted by Gasteiger charge is -2.16. The molecule has 1 aromatic heterocycles. The number of rotatable bonds is 2. The van der Waals surface area contributed by atoms with Crippen LogP contribution in [0.25, 0.3) is 5.69 Å². The fraction of sp³-hybridized carbons (Fsp3) is 0.118. The van der Waals surface area contributed by atoms with Gasteiger partial charge >= 0.3 is 0 Å². The summed E-state index contributed by atoms with van der Waals surface area (Å²) in [7, 11) is 0. The third kappa shape index (κ3) is 1.56. The molecule has 0 fully saturated rings. The molecule has 3 heteroatoms. The molecule has 0 saturated heterocycles. The first-order valence-corrected chi connectivity index (χ1v) is 6.68. The third-order valence-corrected chi connectivity index (χ3v) is 3.75. The van der Waals surface area contributed by atoms with Crippen LogP contribution in [-0.4, -0.2) is 9.55 Å². The highest BCUT2D eigenvalue weighted by Crippen LogP contribution is 2.39. The molecule has 0 saturated carbocycles. The van der Waals surface area contributed by atoms with Gasteiger partial charge in [0.2, 0.25) is 0 Å². The van der Waals surface area contributed by atoms with E-state index in [4.69, 9.17) is 4.74 Å². The van der Waals surface area contributed by atoms with Gasteiger partial charge in [0.15, 0.2) is 6.10 Å². The van der Waals surface area contributed by atoms with Gasteiger partial charge in [-0.15, -0.1) is 0 Å². The molecule has 1 aliphatic heterocycles. The molecule has 0 N–H and O–H groups in total. The van der Waals surface area contributed by atoms with Crippen molar-refractivity contribution in [1.29, 1.82) is 0 Å². The molecule has 0 spiro atoms. The number of aromatic nitrogens is 2. The highest BCUT2D eigenvalue weighted by molar-refractivity contribution is 5.52. The molecule has 0 radical (unpaired) electrons. The lowest BCUT2D eigenvalue weighted by molar-refractivity contribution is 0.247. The Bertz CT molecular complexity index is 776. The monoisotopic (exact) mass is 262 g/mol. The van der Waals surface area contributed by atoms with Gasteiger partial charge in [0.25, 0.3) is 0 Å². The first-order chi connectivity index (χ1) is 9.84. The highest BCUT2D eigenvalue weighted by atomic mass is 16.5. The van der Waals surface area contributed by atoms with Crippen LogP contribution in [0.1, 0.15) is 22.9 Å². The second-order valence-electron chi connectivity index (χ2n) is 5.01. The Morgan fingerprint density at radius 2 is 1.85 bits per heavy atom. The van der Waals surface area contributed by atoms with Gasteiger partial charge in [0.1, 0.15) is 5.75 Å². The second kappa shape index (κ2) is 4.23. The summed E-state index contributed by atoms with van der Waals surface area (Å²) in [5.74, 6) is 0.918. The Morgan fingerprint density at radius 1 is 1.05 bits per heavy atom. The second-order valence-corrected chi connectivity index (χ2v) is 5.01. The average Bonchev–Trinajstić information content (AvgIpc) is 3.04. The zero-order valence-electron chi connectivity index (χ0n) is 11.2. The molecule has 2 heterocycles. The molecule has 20 heavy (non-hydrogen) atoms. The normalized spacial score (nSPS) is 15.8. The van der Waals surface area contributed by atoms with E-state index in [0.717, 1.165) is 22.7 Å². The molecule has 1 unspecified atom stereocenters. The van der Waals surface area contributed by atoms with E-state index in [0.29, 0.717) is 0 Å². The Labute approximate surface area is 117 Å². The van der Waals surface area contributed by atoms with Crippen molar-refractivity contribution in [3.63, 3.8) is 0 Å². The van der Waals surface area contributed by atoms with Crippen LogP contribution in [0.2, 0.25) is 0 Å². The van der Waals surface area contributed by atoms with Gasteiger partial charge < -0.3 is 4.74 Å². The minimum absolute atomic E-state index is 0.0881. The van der Waals surface area contributed by atoms with Gasteiger partial charge in [-0.3, -0.25) is 4.57 Å². The van der Waals surface area contributed by atoms with E-state index in [-0.39, 0.29) is 6.10 Å². The summed E-state index contributed by atoms with van der Waals surface area (Å²) in [6, 6.07) is 16.4. The summed E-state index contributed by atoms with van der Waals surface area (Å²) in [6.07, 6.45) is 3.63. The molecule has 0 aliphatic carbocycles. The van der Waals surface area contributed by atoms with Crippen molar-refractivity contribution < 1.29 is 4.74 Å². The highest BCUT2D eigenvalue weighted by Gasteiger charge is 2.30. The zero-order valence-corrected chi connectivity index (χ0v) is 11.2. The van der Waals surface area contributed by atoms with E-state index in [1.807, 2.05) is 42.9 Å². The molecule has 0 amide bonds. The summed E-state index contributed by atoms with van der Waals surface area (Å²) in [5.41, 5.74) is 4.56. The van der Waals surface area contributed by atoms with Gasteiger partial charge in [-0.1, -0.05) is 36.4 Å². The fourth-order valence-corrected chi connectivity index (χ4v) is 2.73. The molecule has 3 aromatic rings. The molecule has 2 aromatic carbocycles. The van der Waals surface area contributed by atoms with E-state index >= 15 is 0 Å². The van der Waals surface area contributed by atoms with Crippen molar-refractivity contribution in [2.24, 2.45) is 0 Å². The van der Waals surface area contributed by atoms with Gasteiger partial charge in [-0.2, -0.15) is 0 Å². The minimum atomic E-state index is -0.0881. The molecular weight excluding hydrogens is 248 g/mol. The topological polar surface area (TPSA) is 27.1 Å². The van der Waals surface area contributed by atoms with Crippen molar-refractivity contribution in [2.75, 3.05) is 0 Å². The van der Waals surface area contributed by atoms with Crippen molar-refractivity contribution in [2.45, 2.75) is 13.0 Å². The number of para-hydroxylation sites is 2. The van der Waals surface area contributed by atoms with E-state index in [1.54, 1.807) is 0 Å². The predicted octanol–water partition coefficient (Wildman–Crippen LogP) is 3.66. The van der Waals surface area contributed by atoms with E-state index in [1.165, 1.54) is 5.56 Å². The summed E-state index contributed by atoms with van der Waals surface area (Å²) >= 11 is 0. The SMILES string of the molecule is Cc1ccccc1OC1c2ccccc2-n2cncc21. The lowest BCUT2D eigenvalue weighted by Crippen LogP contribution is -2.06. The van der Waals surface area contributed by atoms with Crippen LogP contribution >= 0.6 is 0 Å². The van der Waals surface area contributed by atoms with Crippen molar-refractivity contribution in [3.8, 4) is 11.4 Å². The Balaban J connectivity index is 1.81. The standard InChI is InChI=1S/C17H14N2O/c1-12-6-2-5-9-16(12)20-17-13-7-3-4-8-14(13)19-11-18-10-15(17)19/h2-11,17H,1H3. The van der Waals surface area contributed by atoms with E-state index < -0.39 is 0 Å². The van der Waals surface area contributed by atoms with Crippen molar-refractivity contribution in [3.05, 3.63) is 77.9 Å². The Morgan fingerprint density at radius 3 is 2.75 bits per heavy atom. The molecule has 0 bridgehead atoms. The smallest absolute Gasteiger partial charge is 0.168 e. The van der Waals surface area contributed by atoms with Gasteiger partial charge in [-0.25, -0.2) is 4.98 Å². The zero-order chi connectivity index (χ0) is 13.5. The maximum absolute atomic E-state index is 6.26. The average molecular weight is 262 g/mol. The molecule has 1 atom stereocenters. The number of aryl methyl sites for hydroxylation is 1. The molecule has 3 nitrogen and oxygen atoms in total. The maximum Gasteiger partial charge on any atom is 0.168 e. The summed E-state index contributed by atoms with van der Waals surface area (Å²) in [6.45, 7) is 2.06. The number of fused-ring (bicyclic) bond motifs is 3. The number of hydrogen-bond acceptors (Lipinski definition) is 2. The quantitative estimate of drug-likeness (QED) is 0.704. The lowest BCUT2D eigenvalue weighted by atomic mass is 10.1. The Hall–Kier alpha value is -2.55. The van der Waals surface area contributed by atoms with Crippen LogP contribution in [0.5, 0.6) is 5.75 Å². The van der Waals surface area contributed by atoms with E-state index in [9.17, 15) is 0 Å². The first-order valence-electron chi connectivity index (χ1n) is 6.68. The van der Waals surface area contributed by atoms with Gasteiger partial charge in [0.05, 0.1) is 23.9 Å². The van der Waals surface area contributed by atoms with Gasteiger partial charge in [0, 0.05) is 5.56 Å². The van der Waals surface area contributed by atoms with Crippen LogP contribution < -0.4 is 4.74 Å². The first kappa shape index (κ1) is 11.3. The van der Waals surface area contributed by atoms with Crippen LogP contribution in [0, 0.1) is 6.92 Å². The van der Waals surface area contributed by atoms with E-state index in [2.05, 4.69) is 34.7 Å². The van der Waals surface area contributed by atoms with Crippen LogP contribution in [0.4, 0.5) is 0 Å². The largest absolute Gasteiger partial charge is 0.479 e. The number of imidazole rings is 1. The molecule has 98 valence electrons. The van der Waals surface area contributed by atoms with Gasteiger partial charge in [-0.05, 0) is 24.6 Å². The fourth-order valence-electron chi connectivity index (χ4n) is 2.73. The number of nitrogens with zero attached hydrogens (tertiary/aromatic N) is 2. The van der Waals surface area contributed by atoms with Crippen molar-refractivity contribution >= 4 is 0 Å². The van der Waals surface area contributed by atoms with Crippen LogP contribution in [-0.2, 0) is 0 Å². The summed E-state index contributed by atoms with van der Waals surface area (Å²) < 4.78 is 8.35. The molecular formula is C17H14N2O. The molecule has 1 aliphatic rings. The van der Waals surface area contributed by atoms with Crippen LogP contribution in [0.3, 0.4) is 0 Å². The number of benzene rings is 2. The third-order valence-electron chi connectivity index (χ3n) is 3.75. The minimum Gasteiger partial charge on any atom is -0.479 e. The predicted molar refractivity (Wildman–Crippen MR) is 77.2 cm³/mol. The number of hydrogen-bond donors (Lipinski definition) is 0. The van der Waals surface area contributed by atoms with Crippen LogP contribution in [0.15, 0.2) is 61.1 Å². The Kier molecular flexibility index (Phi) is 2.39. The maximum atomic E-state index is 6.26.